The second-order valence-corrected chi connectivity index (χ2v) is 7.37. The number of esters is 1. The van der Waals surface area contributed by atoms with E-state index in [1.165, 1.54) is 49.4 Å². The number of carbonyl (C=O) groups is 4. The van der Waals surface area contributed by atoms with Crippen LogP contribution in [0.4, 0.5) is 15.8 Å². The number of benzene rings is 3. The van der Waals surface area contributed by atoms with Crippen LogP contribution in [-0.4, -0.2) is 36.9 Å². The monoisotopic (exact) mass is 462 g/mol. The highest BCUT2D eigenvalue weighted by Crippen LogP contribution is 2.30. The predicted octanol–water partition coefficient (Wildman–Crippen LogP) is 3.82. The fraction of sp³-hybridized carbons (Fsp3) is 0.120. The van der Waals surface area contributed by atoms with E-state index >= 15 is 0 Å². The number of rotatable bonds is 7. The summed E-state index contributed by atoms with van der Waals surface area (Å²) in [7, 11) is 0. The van der Waals surface area contributed by atoms with E-state index in [4.69, 9.17) is 9.47 Å². The van der Waals surface area contributed by atoms with E-state index in [0.717, 1.165) is 4.90 Å². The van der Waals surface area contributed by atoms with Crippen molar-refractivity contribution in [3.63, 3.8) is 0 Å². The van der Waals surface area contributed by atoms with E-state index in [9.17, 15) is 23.6 Å². The third-order valence-electron chi connectivity index (χ3n) is 4.97. The standard InChI is InChI=1S/C25H19FN2O6/c1-15(29)27-18-5-7-19(8-6-18)28-23(30)21-11-2-16(14-22(21)24(28)31)25(32)34-13-12-33-20-9-3-17(26)4-10-20/h2-11,14H,12-13H2,1H3,(H,27,29). The first-order chi connectivity index (χ1) is 16.3. The van der Waals surface area contributed by atoms with Gasteiger partial charge >= 0.3 is 5.97 Å². The van der Waals surface area contributed by atoms with Crippen LogP contribution in [0.5, 0.6) is 5.75 Å². The molecule has 172 valence electrons. The minimum Gasteiger partial charge on any atom is -0.490 e. The lowest BCUT2D eigenvalue weighted by Crippen LogP contribution is -2.29. The maximum Gasteiger partial charge on any atom is 0.338 e. The summed E-state index contributed by atoms with van der Waals surface area (Å²) < 4.78 is 23.4. The van der Waals surface area contributed by atoms with Gasteiger partial charge in [0.1, 0.15) is 24.8 Å². The summed E-state index contributed by atoms with van der Waals surface area (Å²) in [6, 6.07) is 15.8. The largest absolute Gasteiger partial charge is 0.490 e. The van der Waals surface area contributed by atoms with Gasteiger partial charge in [-0.05, 0) is 66.7 Å². The van der Waals surface area contributed by atoms with Crippen LogP contribution in [0.1, 0.15) is 38.0 Å². The van der Waals surface area contributed by atoms with Gasteiger partial charge in [-0.2, -0.15) is 0 Å². The first kappa shape index (κ1) is 22.7. The Morgan fingerprint density at radius 3 is 2.24 bits per heavy atom. The Bertz CT molecular complexity index is 1270. The van der Waals surface area contributed by atoms with Crippen LogP contribution in [0.15, 0.2) is 66.7 Å². The molecule has 0 spiro atoms. The van der Waals surface area contributed by atoms with E-state index in [1.807, 2.05) is 0 Å². The number of hydrogen-bond acceptors (Lipinski definition) is 6. The number of nitrogens with zero attached hydrogens (tertiary/aromatic N) is 1. The molecule has 0 radical (unpaired) electrons. The van der Waals surface area contributed by atoms with Gasteiger partial charge in [0.25, 0.3) is 11.8 Å². The Morgan fingerprint density at radius 1 is 0.882 bits per heavy atom. The average molecular weight is 462 g/mol. The van der Waals surface area contributed by atoms with E-state index in [2.05, 4.69) is 5.32 Å². The van der Waals surface area contributed by atoms with Crippen molar-refractivity contribution in [3.8, 4) is 5.75 Å². The molecular weight excluding hydrogens is 443 g/mol. The van der Waals surface area contributed by atoms with Crippen LogP contribution in [0.3, 0.4) is 0 Å². The number of ether oxygens (including phenoxy) is 2. The smallest absolute Gasteiger partial charge is 0.338 e. The molecule has 1 aliphatic rings. The van der Waals surface area contributed by atoms with Crippen molar-refractivity contribution >= 4 is 35.1 Å². The number of hydrogen-bond donors (Lipinski definition) is 1. The van der Waals surface area contributed by atoms with E-state index in [1.54, 1.807) is 24.3 Å². The summed E-state index contributed by atoms with van der Waals surface area (Å²) in [5.41, 5.74) is 1.24. The van der Waals surface area contributed by atoms with Gasteiger partial charge in [0.05, 0.1) is 22.4 Å². The Morgan fingerprint density at radius 2 is 1.56 bits per heavy atom. The maximum absolute atomic E-state index is 12.9. The minimum atomic E-state index is -0.677. The van der Waals surface area contributed by atoms with Crippen LogP contribution >= 0.6 is 0 Å². The summed E-state index contributed by atoms with van der Waals surface area (Å²) in [4.78, 5) is 50.3. The summed E-state index contributed by atoms with van der Waals surface area (Å²) in [6.07, 6.45) is 0. The van der Waals surface area contributed by atoms with Gasteiger partial charge < -0.3 is 14.8 Å². The van der Waals surface area contributed by atoms with Crippen LogP contribution in [-0.2, 0) is 9.53 Å². The highest BCUT2D eigenvalue weighted by molar-refractivity contribution is 6.34. The van der Waals surface area contributed by atoms with Crippen LogP contribution < -0.4 is 15.0 Å². The fourth-order valence-electron chi connectivity index (χ4n) is 3.41. The number of anilines is 2. The summed E-state index contributed by atoms with van der Waals surface area (Å²) >= 11 is 0. The molecular formula is C25H19FN2O6. The lowest BCUT2D eigenvalue weighted by atomic mass is 10.1. The van der Waals surface area contributed by atoms with Crippen LogP contribution in [0.25, 0.3) is 0 Å². The van der Waals surface area contributed by atoms with Crippen molar-refractivity contribution in [2.24, 2.45) is 0 Å². The molecule has 0 atom stereocenters. The topological polar surface area (TPSA) is 102 Å². The number of halogens is 1. The molecule has 0 saturated carbocycles. The van der Waals surface area contributed by atoms with Crippen LogP contribution in [0.2, 0.25) is 0 Å². The van der Waals surface area contributed by atoms with Crippen molar-refractivity contribution in [3.05, 3.63) is 89.2 Å². The van der Waals surface area contributed by atoms with Gasteiger partial charge in [-0.25, -0.2) is 14.1 Å². The normalized spacial score (nSPS) is 12.4. The molecule has 3 aromatic rings. The third-order valence-corrected chi connectivity index (χ3v) is 4.97. The molecule has 8 nitrogen and oxygen atoms in total. The van der Waals surface area contributed by atoms with Crippen molar-refractivity contribution in [2.75, 3.05) is 23.4 Å². The molecule has 0 saturated heterocycles. The number of nitrogens with one attached hydrogen (secondary N) is 1. The van der Waals surface area contributed by atoms with E-state index < -0.39 is 17.8 Å². The van der Waals surface area contributed by atoms with Gasteiger partial charge in [-0.3, -0.25) is 14.4 Å². The molecule has 1 N–H and O–H groups in total. The van der Waals surface area contributed by atoms with Gasteiger partial charge in [-0.1, -0.05) is 0 Å². The second kappa shape index (κ2) is 9.53. The zero-order valence-electron chi connectivity index (χ0n) is 18.0. The van der Waals surface area contributed by atoms with Crippen molar-refractivity contribution in [1.29, 1.82) is 0 Å². The van der Waals surface area contributed by atoms with Crippen LogP contribution in [0, 0.1) is 5.82 Å². The number of fused-ring (bicyclic) bond motifs is 1. The molecule has 0 fully saturated rings. The molecule has 3 aromatic carbocycles. The Balaban J connectivity index is 1.40. The highest BCUT2D eigenvalue weighted by Gasteiger charge is 2.37. The van der Waals surface area contributed by atoms with Gasteiger partial charge in [-0.15, -0.1) is 0 Å². The summed E-state index contributed by atoms with van der Waals surface area (Å²) in [5, 5.41) is 2.61. The first-order valence-corrected chi connectivity index (χ1v) is 10.3. The fourth-order valence-corrected chi connectivity index (χ4v) is 3.41. The molecule has 1 aliphatic heterocycles. The molecule has 1 heterocycles. The quantitative estimate of drug-likeness (QED) is 0.325. The second-order valence-electron chi connectivity index (χ2n) is 7.37. The Labute approximate surface area is 193 Å². The van der Waals surface area contributed by atoms with Crippen molar-refractivity contribution < 1.29 is 33.0 Å². The summed E-state index contributed by atoms with van der Waals surface area (Å²) in [6.45, 7) is 1.37. The minimum absolute atomic E-state index is 0.0575. The van der Waals surface area contributed by atoms with Crippen molar-refractivity contribution in [2.45, 2.75) is 6.92 Å². The number of carbonyl (C=O) groups excluding carboxylic acids is 4. The van der Waals surface area contributed by atoms with Gasteiger partial charge in [0.15, 0.2) is 0 Å². The van der Waals surface area contributed by atoms with Gasteiger partial charge in [0, 0.05) is 12.6 Å². The lowest BCUT2D eigenvalue weighted by Gasteiger charge is -2.14. The molecule has 0 bridgehead atoms. The molecule has 34 heavy (non-hydrogen) atoms. The van der Waals surface area contributed by atoms with E-state index in [-0.39, 0.29) is 41.6 Å². The Hall–Kier alpha value is -4.53. The predicted molar refractivity (Wildman–Crippen MR) is 121 cm³/mol. The first-order valence-electron chi connectivity index (χ1n) is 10.3. The molecule has 4 rings (SSSR count). The summed E-state index contributed by atoms with van der Waals surface area (Å²) in [5.74, 6) is -1.95. The molecule has 3 amide bonds. The maximum atomic E-state index is 12.9. The average Bonchev–Trinajstić information content (AvgIpc) is 3.07. The lowest BCUT2D eigenvalue weighted by molar-refractivity contribution is -0.114. The molecule has 0 aromatic heterocycles. The molecule has 0 unspecified atom stereocenters. The van der Waals surface area contributed by atoms with Crippen molar-refractivity contribution in [1.82, 2.24) is 0 Å². The molecule has 9 heteroatoms. The number of imide groups is 1. The SMILES string of the molecule is CC(=O)Nc1ccc(N2C(=O)c3ccc(C(=O)OCCOc4ccc(F)cc4)cc3C2=O)cc1. The van der Waals surface area contributed by atoms with Gasteiger partial charge in [0.2, 0.25) is 5.91 Å². The Kier molecular flexibility index (Phi) is 6.35. The zero-order chi connectivity index (χ0) is 24.2. The highest BCUT2D eigenvalue weighted by atomic mass is 19.1. The zero-order valence-corrected chi connectivity index (χ0v) is 18.0. The third kappa shape index (κ3) is 4.78. The molecule has 0 aliphatic carbocycles. The number of amides is 3. The van der Waals surface area contributed by atoms with E-state index in [0.29, 0.717) is 17.1 Å².